The third-order valence-electron chi connectivity index (χ3n) is 14.6. The predicted molar refractivity (Wildman–Crippen MR) is 382 cm³/mol. The van der Waals surface area contributed by atoms with E-state index < -0.39 is 47.5 Å². The molecule has 2 fully saturated rings. The van der Waals surface area contributed by atoms with Gasteiger partial charge in [-0.15, -0.1) is 12.4 Å². The van der Waals surface area contributed by atoms with Crippen molar-refractivity contribution < 1.29 is 115 Å². The van der Waals surface area contributed by atoms with Crippen LogP contribution in [-0.2, 0) is 14.3 Å². The summed E-state index contributed by atoms with van der Waals surface area (Å²) in [7, 11) is 2.97. The van der Waals surface area contributed by atoms with Crippen molar-refractivity contribution in [3.8, 4) is 58.0 Å². The Hall–Kier alpha value is -8.06. The first-order chi connectivity index (χ1) is 43.6. The molecule has 0 aliphatic carbocycles. The number of amides is 5. The number of hydrogen-bond donors (Lipinski definition) is 6. The summed E-state index contributed by atoms with van der Waals surface area (Å²) in [6, 6.07) is 28.8. The molecule has 2 atom stereocenters. The molecular formula is C69H74Cl3KN10O13S2. The van der Waals surface area contributed by atoms with Crippen molar-refractivity contribution >= 4 is 126 Å². The summed E-state index contributed by atoms with van der Waals surface area (Å²) in [5.74, 6) is 14.4. The van der Waals surface area contributed by atoms with Crippen LogP contribution in [-0.4, -0.2) is 132 Å². The Morgan fingerprint density at radius 1 is 0.582 bits per heavy atom. The van der Waals surface area contributed by atoms with E-state index in [4.69, 9.17) is 48.2 Å². The van der Waals surface area contributed by atoms with Crippen molar-refractivity contribution in [2.75, 3.05) is 27.3 Å². The predicted octanol–water partition coefficient (Wildman–Crippen LogP) is 8.40. The average molecular weight is 1460 g/mol. The van der Waals surface area contributed by atoms with E-state index >= 15 is 0 Å². The number of carboxylic acid groups (broad SMARTS) is 2. The summed E-state index contributed by atoms with van der Waals surface area (Å²) in [6.45, 7) is 5.90. The fourth-order valence-electron chi connectivity index (χ4n) is 10.1. The van der Waals surface area contributed by atoms with E-state index in [0.717, 1.165) is 31.2 Å². The quantitative estimate of drug-likeness (QED) is 0.0246. The second kappa shape index (κ2) is 38.9. The number of nitrogens with two attached hydrogens (primary N) is 1. The number of nitrogen functional groups attached to an aromatic ring is 1. The molecule has 5 amide bonds. The number of likely N-dealkylation sites (tertiary alicyclic amines) is 2. The van der Waals surface area contributed by atoms with E-state index in [0.29, 0.717) is 120 Å². The molecule has 23 nitrogen and oxygen atoms in total. The molecule has 10 rings (SSSR count). The summed E-state index contributed by atoms with van der Waals surface area (Å²) in [5, 5.41) is 20.6. The number of rotatable bonds is 10. The Morgan fingerprint density at radius 2 is 0.980 bits per heavy atom. The Bertz CT molecular complexity index is 4340. The van der Waals surface area contributed by atoms with Crippen molar-refractivity contribution in [3.63, 3.8) is 0 Å². The first kappa shape index (κ1) is 86.0. The molecule has 98 heavy (non-hydrogen) atoms. The van der Waals surface area contributed by atoms with E-state index in [1.54, 1.807) is 93.6 Å². The summed E-state index contributed by atoms with van der Waals surface area (Å²) >= 11 is 12.9. The largest absolute Gasteiger partial charge is 1.00 e. The molecule has 0 saturated carbocycles. The number of pyridine rings is 4. The van der Waals surface area contributed by atoms with Crippen LogP contribution in [0.3, 0.4) is 0 Å². The number of fused-ring (bicyclic) bond motifs is 2. The number of aliphatic carboxylic acids is 2. The van der Waals surface area contributed by atoms with E-state index in [-0.39, 0.29) is 134 Å². The molecule has 8 aromatic rings. The van der Waals surface area contributed by atoms with Gasteiger partial charge in [0.25, 0.3) is 23.6 Å². The van der Waals surface area contributed by atoms with Crippen LogP contribution in [0.1, 0.15) is 138 Å². The van der Waals surface area contributed by atoms with Crippen molar-refractivity contribution in [3.05, 3.63) is 176 Å². The number of carboxylic acids is 2. The summed E-state index contributed by atoms with van der Waals surface area (Å²) < 4.78 is 15.6. The Balaban J connectivity index is 0.000000628. The summed E-state index contributed by atoms with van der Waals surface area (Å²) in [5.41, 5.74) is 13.1. The number of piperidine rings is 2. The number of hydrogen-bond acceptors (Lipinski definition) is 16. The van der Waals surface area contributed by atoms with Crippen LogP contribution in [0.5, 0.6) is 11.8 Å². The maximum atomic E-state index is 13.2. The van der Waals surface area contributed by atoms with Gasteiger partial charge in [0.15, 0.2) is 0 Å². The van der Waals surface area contributed by atoms with Gasteiger partial charge in [0.1, 0.15) is 17.7 Å². The number of carbonyl (C=O) groups is 7. The number of hydrazine groups is 2. The maximum absolute atomic E-state index is 13.2. The molecular weight excluding hydrogens is 1390 g/mol. The Labute approximate surface area is 640 Å². The van der Waals surface area contributed by atoms with Crippen LogP contribution in [0.4, 0.5) is 4.79 Å². The molecule has 0 unspecified atom stereocenters. The van der Waals surface area contributed by atoms with E-state index in [1.807, 2.05) is 24.3 Å². The molecule has 4 aromatic heterocycles. The zero-order valence-corrected chi connectivity index (χ0v) is 60.2. The monoisotopic (exact) mass is 1460 g/mol. The minimum Gasteiger partial charge on any atom is -0.870 e. The molecule has 2 saturated heterocycles. The van der Waals surface area contributed by atoms with Crippen molar-refractivity contribution in [1.29, 1.82) is 0 Å². The van der Waals surface area contributed by atoms with Crippen molar-refractivity contribution in [2.45, 2.75) is 91.8 Å². The average Bonchev–Trinajstić information content (AvgIpc) is 0.798. The van der Waals surface area contributed by atoms with Crippen LogP contribution in [0.15, 0.2) is 122 Å². The van der Waals surface area contributed by atoms with Gasteiger partial charge in [-0.25, -0.2) is 45.6 Å². The van der Waals surface area contributed by atoms with Crippen LogP contribution >= 0.6 is 62.6 Å². The van der Waals surface area contributed by atoms with E-state index in [9.17, 15) is 43.8 Å². The molecule has 0 spiro atoms. The number of nitrogens with zero attached hydrogens (tertiary/aromatic N) is 6. The second-order valence-electron chi connectivity index (χ2n) is 21.9. The fourth-order valence-corrected chi connectivity index (χ4v) is 10.5. The number of carbonyl (C=O) groups excluding carboxylic acids is 5. The third-order valence-corrected chi connectivity index (χ3v) is 15.3. The van der Waals surface area contributed by atoms with E-state index in [2.05, 4.69) is 54.9 Å². The molecule has 6 heterocycles. The van der Waals surface area contributed by atoms with Gasteiger partial charge in [0, 0.05) is 92.9 Å². The number of methoxy groups -OCH3 is 2. The van der Waals surface area contributed by atoms with E-state index in [1.165, 1.54) is 48.5 Å². The first-order valence-corrected chi connectivity index (χ1v) is 29.3. The summed E-state index contributed by atoms with van der Waals surface area (Å²) in [6.07, 6.45) is 6.08. The number of nitrogens with one attached hydrogen (secondary N) is 3. The number of aromatic nitrogens is 4. The Kier molecular flexibility index (Phi) is 34.2. The molecule has 0 radical (unpaired) electrons. The molecule has 2 aliphatic heterocycles. The first-order valence-electron chi connectivity index (χ1n) is 28.5. The molecule has 29 heteroatoms. The van der Waals surface area contributed by atoms with Gasteiger partial charge in [-0.3, -0.25) is 30.0 Å². The smallest absolute Gasteiger partial charge is 0.870 e. The Morgan fingerprint density at radius 3 is 1.34 bits per heavy atom. The maximum Gasteiger partial charge on any atom is 1.00 e. The van der Waals surface area contributed by atoms with Crippen LogP contribution in [0, 0.1) is 23.7 Å². The summed E-state index contributed by atoms with van der Waals surface area (Å²) in [4.78, 5) is 108. The van der Waals surface area contributed by atoms with Crippen molar-refractivity contribution in [1.82, 2.24) is 46.0 Å². The van der Waals surface area contributed by atoms with Crippen LogP contribution in [0.2, 0.25) is 10.0 Å². The van der Waals surface area contributed by atoms with Gasteiger partial charge < -0.3 is 39.7 Å². The zero-order valence-electron chi connectivity index (χ0n) is 52.7. The van der Waals surface area contributed by atoms with Gasteiger partial charge in [-0.2, -0.15) is 27.0 Å². The molecule has 4 aromatic carbocycles. The number of benzene rings is 4. The fraction of sp³-hybridized carbons (Fsp3) is 0.261. The SMILES string of the molecule is C.C.COc1cc2nc(-c3ccc(C#Cc4ccc(C(=O)N5CCCC[C@H]5C(=O)O)cc4Cl)cc3)cc(C(=O)NN)c2cn1.COc1cc2nc(-c3ccc(C#Cc4ccc(C(=O)N5CCCC[C@H]5C(=O)O)cc4Cl)cc3)cc(C(=O)NNC(=O)OC(C)(C)C)c2cn1.Cl.S.S.[K+].[OH-]. The molecule has 512 valence electrons. The van der Waals surface area contributed by atoms with Gasteiger partial charge in [-0.05, 0) is 132 Å². The topological polar surface area (TPSA) is 338 Å². The minimum absolute atomic E-state index is 0. The third kappa shape index (κ3) is 21.5. The van der Waals surface area contributed by atoms with Gasteiger partial charge in [0.2, 0.25) is 11.8 Å². The molecule has 8 N–H and O–H groups in total. The molecule has 0 bridgehead atoms. The molecule has 2 aliphatic rings. The van der Waals surface area contributed by atoms with Crippen LogP contribution in [0.25, 0.3) is 44.3 Å². The van der Waals surface area contributed by atoms with Gasteiger partial charge in [-0.1, -0.05) is 86.0 Å². The minimum atomic E-state index is -1.01. The standard InChI is InChI=1S/C36H34ClN5O7.C31H26ClN5O5.2CH4.ClH.K.H2O.2H2S/c1-36(2,3)49-35(47)41-40-32(43)25-18-28(39-29-19-31(48-4)38-20-26(25)29)23-12-9-21(10-13-23)8-11-22-14-15-24(17-27(22)37)33(44)42-16-6-5-7-30(42)34(45)46;1-42-28-16-26-23(17-34-28)22(29(38)36-33)15-25(35-26)20-9-6-18(7-10-20)5-8-19-11-12-21(14-24(19)32)30(39)37-13-3-2-4-27(37)31(40)41;;;;;;;/h9-10,12-15,17-20,30H,5-7,16H2,1-4H3,(H,40,43)(H,41,47)(H,45,46);6-7,9-12,14-17,27H,2-4,13,33H2,1H3,(H,36,38)(H,40,41);2*1H4;1H;;3*1H2/q;;;;;+1;;;/p-1/t30-;27-;;;;;;;/m00......./s1. The normalized spacial score (nSPS) is 13.4. The number of halogens is 3. The van der Waals surface area contributed by atoms with Crippen LogP contribution < -0.4 is 83.0 Å². The second-order valence-corrected chi connectivity index (χ2v) is 22.7. The van der Waals surface area contributed by atoms with Crippen molar-refractivity contribution in [2.24, 2.45) is 5.84 Å². The number of ether oxygens (including phenoxy) is 3. The van der Waals surface area contributed by atoms with Gasteiger partial charge in [0.05, 0.1) is 57.8 Å². The van der Waals surface area contributed by atoms with Gasteiger partial charge >= 0.3 is 69.4 Å². The zero-order chi connectivity index (χ0) is 65.1.